The highest BCUT2D eigenvalue weighted by molar-refractivity contribution is 6.32. The van der Waals surface area contributed by atoms with Crippen LogP contribution in [0.1, 0.15) is 18.9 Å². The third-order valence-electron chi connectivity index (χ3n) is 3.72. The molecule has 1 aromatic rings. The molecule has 0 aliphatic carbocycles. The van der Waals surface area contributed by atoms with E-state index >= 15 is 0 Å². The Kier molecular flexibility index (Phi) is 4.32. The first-order valence-corrected chi connectivity index (χ1v) is 6.77. The van der Waals surface area contributed by atoms with Gasteiger partial charge in [-0.25, -0.2) is 0 Å². The van der Waals surface area contributed by atoms with Gasteiger partial charge in [-0.05, 0) is 36.6 Å². The van der Waals surface area contributed by atoms with Crippen molar-refractivity contribution < 1.29 is 15.0 Å². The van der Waals surface area contributed by atoms with Gasteiger partial charge >= 0.3 is 5.97 Å². The lowest BCUT2D eigenvalue weighted by Crippen LogP contribution is -2.41. The summed E-state index contributed by atoms with van der Waals surface area (Å²) in [4.78, 5) is 13.3. The first-order valence-electron chi connectivity index (χ1n) is 6.40. The Balaban J connectivity index is 1.98. The van der Waals surface area contributed by atoms with Crippen molar-refractivity contribution in [2.24, 2.45) is 11.8 Å². The summed E-state index contributed by atoms with van der Waals surface area (Å²) in [5, 5.41) is 18.8. The number of likely N-dealkylation sites (tertiary alicyclic amines) is 1. The lowest BCUT2D eigenvalue weighted by atomic mass is 9.87. The van der Waals surface area contributed by atoms with Crippen molar-refractivity contribution in [3.05, 3.63) is 28.8 Å². The Hall–Kier alpha value is -1.26. The summed E-state index contributed by atoms with van der Waals surface area (Å²) < 4.78 is 0. The fraction of sp³-hybridized carbons (Fsp3) is 0.500. The largest absolute Gasteiger partial charge is 0.506 e. The number of carboxylic acid groups (broad SMARTS) is 1. The minimum absolute atomic E-state index is 0.0865. The molecule has 104 valence electrons. The molecule has 1 heterocycles. The monoisotopic (exact) mass is 283 g/mol. The predicted molar refractivity (Wildman–Crippen MR) is 73.3 cm³/mol. The van der Waals surface area contributed by atoms with Gasteiger partial charge in [0.05, 0.1) is 10.9 Å². The van der Waals surface area contributed by atoms with Crippen molar-refractivity contribution in [3.8, 4) is 5.75 Å². The Labute approximate surface area is 117 Å². The van der Waals surface area contributed by atoms with E-state index in [1.165, 1.54) is 0 Å². The predicted octanol–water partition coefficient (Wildman–Crippen LogP) is 2.59. The topological polar surface area (TPSA) is 60.8 Å². The summed E-state index contributed by atoms with van der Waals surface area (Å²) in [5.74, 6) is -0.693. The molecule has 2 unspecified atom stereocenters. The second kappa shape index (κ2) is 5.80. The number of phenolic OH excluding ortho intramolecular Hbond substituents is 1. The maximum absolute atomic E-state index is 11.0. The number of benzene rings is 1. The molecule has 0 amide bonds. The van der Waals surface area contributed by atoms with Gasteiger partial charge in [0, 0.05) is 13.1 Å². The standard InChI is InChI=1S/C14H18ClNO3/c1-9-7-16(5-4-11(9)14(18)19)8-10-2-3-13(17)12(15)6-10/h2-3,6,9,11,17H,4-5,7-8H2,1H3,(H,18,19). The first kappa shape index (κ1) is 14.2. The fourth-order valence-electron chi connectivity index (χ4n) is 2.65. The van der Waals surface area contributed by atoms with Crippen LogP contribution < -0.4 is 0 Å². The second-order valence-corrected chi connectivity index (χ2v) is 5.64. The number of hydrogen-bond acceptors (Lipinski definition) is 3. The number of phenols is 1. The van der Waals surface area contributed by atoms with Gasteiger partial charge in [-0.2, -0.15) is 0 Å². The van der Waals surface area contributed by atoms with Crippen LogP contribution in [0.2, 0.25) is 5.02 Å². The molecule has 0 saturated carbocycles. The van der Waals surface area contributed by atoms with Gasteiger partial charge in [0.2, 0.25) is 0 Å². The number of piperidine rings is 1. The molecular weight excluding hydrogens is 266 g/mol. The first-order chi connectivity index (χ1) is 8.97. The van der Waals surface area contributed by atoms with Gasteiger partial charge in [0.15, 0.2) is 0 Å². The number of nitrogens with zero attached hydrogens (tertiary/aromatic N) is 1. The number of hydrogen-bond donors (Lipinski definition) is 2. The van der Waals surface area contributed by atoms with E-state index in [-0.39, 0.29) is 17.6 Å². The zero-order chi connectivity index (χ0) is 14.0. The molecule has 0 radical (unpaired) electrons. The number of halogens is 1. The molecule has 5 heteroatoms. The molecule has 0 aromatic heterocycles. The molecule has 1 aromatic carbocycles. The van der Waals surface area contributed by atoms with Crippen LogP contribution in [0, 0.1) is 11.8 Å². The van der Waals surface area contributed by atoms with E-state index in [0.29, 0.717) is 11.4 Å². The van der Waals surface area contributed by atoms with Crippen LogP contribution in [0.5, 0.6) is 5.75 Å². The van der Waals surface area contributed by atoms with E-state index in [9.17, 15) is 9.90 Å². The molecule has 0 spiro atoms. The van der Waals surface area contributed by atoms with Crippen molar-refractivity contribution in [2.45, 2.75) is 19.9 Å². The molecule has 4 nitrogen and oxygen atoms in total. The fourth-order valence-corrected chi connectivity index (χ4v) is 2.85. The Morgan fingerprint density at radius 1 is 1.53 bits per heavy atom. The van der Waals surface area contributed by atoms with Gasteiger partial charge in [-0.3, -0.25) is 9.69 Å². The molecule has 2 rings (SSSR count). The summed E-state index contributed by atoms with van der Waals surface area (Å²) >= 11 is 5.88. The van der Waals surface area contributed by atoms with Crippen LogP contribution in [0.4, 0.5) is 0 Å². The smallest absolute Gasteiger partial charge is 0.306 e. The van der Waals surface area contributed by atoms with E-state index in [0.717, 1.165) is 25.2 Å². The third kappa shape index (κ3) is 3.39. The second-order valence-electron chi connectivity index (χ2n) is 5.23. The highest BCUT2D eigenvalue weighted by atomic mass is 35.5. The van der Waals surface area contributed by atoms with Crippen molar-refractivity contribution in [3.63, 3.8) is 0 Å². The van der Waals surface area contributed by atoms with E-state index < -0.39 is 5.97 Å². The maximum Gasteiger partial charge on any atom is 0.306 e. The van der Waals surface area contributed by atoms with E-state index in [4.69, 9.17) is 16.7 Å². The van der Waals surface area contributed by atoms with Crippen molar-refractivity contribution in [1.29, 1.82) is 0 Å². The molecule has 2 atom stereocenters. The molecule has 19 heavy (non-hydrogen) atoms. The van der Waals surface area contributed by atoms with Crippen LogP contribution in [-0.2, 0) is 11.3 Å². The van der Waals surface area contributed by atoms with Crippen LogP contribution >= 0.6 is 11.6 Å². The zero-order valence-corrected chi connectivity index (χ0v) is 11.6. The number of carbonyl (C=O) groups is 1. The van der Waals surface area contributed by atoms with Crippen molar-refractivity contribution in [2.75, 3.05) is 13.1 Å². The zero-order valence-electron chi connectivity index (χ0n) is 10.8. The van der Waals surface area contributed by atoms with Gasteiger partial charge < -0.3 is 10.2 Å². The number of aromatic hydroxyl groups is 1. The molecule has 0 bridgehead atoms. The molecule has 1 fully saturated rings. The highest BCUT2D eigenvalue weighted by Gasteiger charge is 2.30. The molecular formula is C14H18ClNO3. The minimum Gasteiger partial charge on any atom is -0.506 e. The number of aliphatic carboxylic acids is 1. The van der Waals surface area contributed by atoms with Gasteiger partial charge in [-0.1, -0.05) is 24.6 Å². The molecule has 1 aliphatic heterocycles. The molecule has 1 aliphatic rings. The lowest BCUT2D eigenvalue weighted by Gasteiger charge is -2.34. The summed E-state index contributed by atoms with van der Waals surface area (Å²) in [6.45, 7) is 4.26. The van der Waals surface area contributed by atoms with Gasteiger partial charge in [-0.15, -0.1) is 0 Å². The Morgan fingerprint density at radius 2 is 2.26 bits per heavy atom. The van der Waals surface area contributed by atoms with E-state index in [1.54, 1.807) is 12.1 Å². The van der Waals surface area contributed by atoms with Gasteiger partial charge in [0.1, 0.15) is 5.75 Å². The summed E-state index contributed by atoms with van der Waals surface area (Å²) in [7, 11) is 0. The van der Waals surface area contributed by atoms with Crippen molar-refractivity contribution >= 4 is 17.6 Å². The van der Waals surface area contributed by atoms with Crippen LogP contribution in [0.15, 0.2) is 18.2 Å². The highest BCUT2D eigenvalue weighted by Crippen LogP contribution is 2.27. The van der Waals surface area contributed by atoms with Crippen LogP contribution in [0.3, 0.4) is 0 Å². The maximum atomic E-state index is 11.0. The quantitative estimate of drug-likeness (QED) is 0.895. The van der Waals surface area contributed by atoms with Crippen LogP contribution in [-0.4, -0.2) is 34.2 Å². The Morgan fingerprint density at radius 3 is 2.84 bits per heavy atom. The average molecular weight is 284 g/mol. The van der Waals surface area contributed by atoms with Crippen LogP contribution in [0.25, 0.3) is 0 Å². The van der Waals surface area contributed by atoms with Gasteiger partial charge in [0.25, 0.3) is 0 Å². The SMILES string of the molecule is CC1CN(Cc2ccc(O)c(Cl)c2)CCC1C(=O)O. The summed E-state index contributed by atoms with van der Waals surface area (Å²) in [6.07, 6.45) is 0.683. The normalized spacial score (nSPS) is 24.3. The number of carboxylic acids is 1. The van der Waals surface area contributed by atoms with Crippen molar-refractivity contribution in [1.82, 2.24) is 4.90 Å². The van der Waals surface area contributed by atoms with E-state index in [1.807, 2.05) is 13.0 Å². The average Bonchev–Trinajstić information content (AvgIpc) is 2.33. The van der Waals surface area contributed by atoms with E-state index in [2.05, 4.69) is 4.90 Å². The molecule has 1 saturated heterocycles. The molecule has 2 N–H and O–H groups in total. The lowest BCUT2D eigenvalue weighted by molar-refractivity contribution is -0.145. The Bertz CT molecular complexity index is 478. The summed E-state index contributed by atoms with van der Waals surface area (Å²) in [6, 6.07) is 5.19. The number of rotatable bonds is 3. The summed E-state index contributed by atoms with van der Waals surface area (Å²) in [5.41, 5.74) is 1.03. The minimum atomic E-state index is -0.695. The third-order valence-corrected chi connectivity index (χ3v) is 4.03.